The molecule has 0 aliphatic carbocycles. The third-order valence-electron chi connectivity index (χ3n) is 4.33. The molecule has 1 aliphatic rings. The summed E-state index contributed by atoms with van der Waals surface area (Å²) in [5, 5.41) is 19.5. The SMILES string of the molecule is CC(CN1CCCCC1CCO)C(O)c1ccc(F)cn1. The molecule has 1 aromatic heterocycles. The zero-order valence-corrected chi connectivity index (χ0v) is 12.6. The third-order valence-corrected chi connectivity index (χ3v) is 4.33. The van der Waals surface area contributed by atoms with Crippen molar-refractivity contribution in [3.63, 3.8) is 0 Å². The monoisotopic (exact) mass is 296 g/mol. The molecule has 1 saturated heterocycles. The summed E-state index contributed by atoms with van der Waals surface area (Å²) in [6, 6.07) is 3.27. The van der Waals surface area contributed by atoms with E-state index in [1.54, 1.807) is 0 Å². The number of halogens is 1. The van der Waals surface area contributed by atoms with Gasteiger partial charge < -0.3 is 10.2 Å². The van der Waals surface area contributed by atoms with E-state index in [9.17, 15) is 9.50 Å². The molecule has 0 spiro atoms. The molecule has 21 heavy (non-hydrogen) atoms. The van der Waals surface area contributed by atoms with E-state index in [0.29, 0.717) is 11.7 Å². The molecule has 2 heterocycles. The van der Waals surface area contributed by atoms with Gasteiger partial charge in [-0.3, -0.25) is 9.88 Å². The van der Waals surface area contributed by atoms with Crippen molar-refractivity contribution in [2.75, 3.05) is 19.7 Å². The van der Waals surface area contributed by atoms with E-state index in [-0.39, 0.29) is 12.5 Å². The largest absolute Gasteiger partial charge is 0.396 e. The van der Waals surface area contributed by atoms with Crippen LogP contribution in [0.5, 0.6) is 0 Å². The highest BCUT2D eigenvalue weighted by Crippen LogP contribution is 2.25. The van der Waals surface area contributed by atoms with Gasteiger partial charge in [0.2, 0.25) is 0 Å². The summed E-state index contributed by atoms with van der Waals surface area (Å²) in [5.74, 6) is -0.375. The highest BCUT2D eigenvalue weighted by atomic mass is 19.1. The molecular formula is C16H25FN2O2. The van der Waals surface area contributed by atoms with E-state index < -0.39 is 11.9 Å². The number of pyridine rings is 1. The molecular weight excluding hydrogens is 271 g/mol. The van der Waals surface area contributed by atoms with Crippen molar-refractivity contribution in [3.8, 4) is 0 Å². The lowest BCUT2D eigenvalue weighted by Crippen LogP contribution is -2.43. The lowest BCUT2D eigenvalue weighted by Gasteiger charge is -2.38. The third kappa shape index (κ3) is 4.46. The molecule has 0 radical (unpaired) electrons. The Morgan fingerprint density at radius 1 is 1.43 bits per heavy atom. The second kappa shape index (κ2) is 7.82. The average Bonchev–Trinajstić information content (AvgIpc) is 2.49. The van der Waals surface area contributed by atoms with Crippen LogP contribution in [0.15, 0.2) is 18.3 Å². The van der Waals surface area contributed by atoms with Crippen LogP contribution in [0.1, 0.15) is 44.4 Å². The number of aliphatic hydroxyl groups is 2. The van der Waals surface area contributed by atoms with Crippen molar-refractivity contribution in [1.29, 1.82) is 0 Å². The Labute approximate surface area is 125 Å². The van der Waals surface area contributed by atoms with Crippen LogP contribution in [0.25, 0.3) is 0 Å². The number of aliphatic hydroxyl groups excluding tert-OH is 2. The maximum atomic E-state index is 12.9. The number of piperidine rings is 1. The number of aromatic nitrogens is 1. The Bertz CT molecular complexity index is 425. The van der Waals surface area contributed by atoms with Gasteiger partial charge in [0.1, 0.15) is 5.82 Å². The minimum Gasteiger partial charge on any atom is -0.396 e. The number of nitrogens with zero attached hydrogens (tertiary/aromatic N) is 2. The fourth-order valence-electron chi connectivity index (χ4n) is 3.10. The van der Waals surface area contributed by atoms with Crippen LogP contribution in [0.3, 0.4) is 0 Å². The molecule has 0 bridgehead atoms. The lowest BCUT2D eigenvalue weighted by molar-refractivity contribution is 0.0503. The van der Waals surface area contributed by atoms with Crippen molar-refractivity contribution >= 4 is 0 Å². The Kier molecular flexibility index (Phi) is 6.08. The zero-order valence-electron chi connectivity index (χ0n) is 12.6. The molecule has 2 rings (SSSR count). The smallest absolute Gasteiger partial charge is 0.141 e. The topological polar surface area (TPSA) is 56.6 Å². The van der Waals surface area contributed by atoms with Crippen LogP contribution >= 0.6 is 0 Å². The van der Waals surface area contributed by atoms with E-state index >= 15 is 0 Å². The first-order valence-corrected chi connectivity index (χ1v) is 7.76. The first-order chi connectivity index (χ1) is 10.1. The summed E-state index contributed by atoms with van der Waals surface area (Å²) in [4.78, 5) is 6.32. The van der Waals surface area contributed by atoms with Crippen LogP contribution in [0, 0.1) is 11.7 Å². The maximum Gasteiger partial charge on any atom is 0.141 e. The molecule has 1 aromatic rings. The molecule has 3 atom stereocenters. The standard InChI is InChI=1S/C16H25FN2O2/c1-12(16(21)15-6-5-13(17)10-18-15)11-19-8-3-2-4-14(19)7-9-20/h5-6,10,12,14,16,20-21H,2-4,7-9,11H2,1H3. The van der Waals surface area contributed by atoms with Crippen molar-refractivity contribution in [1.82, 2.24) is 9.88 Å². The summed E-state index contributed by atoms with van der Waals surface area (Å²) in [6.07, 6.45) is 4.72. The summed E-state index contributed by atoms with van der Waals surface area (Å²) in [7, 11) is 0. The van der Waals surface area contributed by atoms with Gasteiger partial charge in [-0.15, -0.1) is 0 Å². The second-order valence-corrected chi connectivity index (χ2v) is 5.98. The molecule has 1 fully saturated rings. The number of rotatable bonds is 6. The maximum absolute atomic E-state index is 12.9. The molecule has 0 aromatic carbocycles. The van der Waals surface area contributed by atoms with Gasteiger partial charge in [-0.25, -0.2) is 4.39 Å². The van der Waals surface area contributed by atoms with E-state index in [0.717, 1.165) is 32.1 Å². The summed E-state index contributed by atoms with van der Waals surface area (Å²) in [6.45, 7) is 3.97. The lowest BCUT2D eigenvalue weighted by atomic mass is 9.95. The predicted molar refractivity (Wildman–Crippen MR) is 79.2 cm³/mol. The molecule has 5 heteroatoms. The van der Waals surface area contributed by atoms with E-state index in [4.69, 9.17) is 5.11 Å². The van der Waals surface area contributed by atoms with Gasteiger partial charge in [0.15, 0.2) is 0 Å². The Morgan fingerprint density at radius 3 is 2.90 bits per heavy atom. The van der Waals surface area contributed by atoms with Crippen molar-refractivity contribution in [3.05, 3.63) is 29.8 Å². The minimum atomic E-state index is -0.692. The average molecular weight is 296 g/mol. The van der Waals surface area contributed by atoms with Crippen LogP contribution in [-0.4, -0.2) is 45.8 Å². The number of likely N-dealkylation sites (tertiary alicyclic amines) is 1. The van der Waals surface area contributed by atoms with Crippen LogP contribution in [-0.2, 0) is 0 Å². The molecule has 4 nitrogen and oxygen atoms in total. The number of hydrogen-bond donors (Lipinski definition) is 2. The van der Waals surface area contributed by atoms with Crippen molar-refractivity contribution < 1.29 is 14.6 Å². The van der Waals surface area contributed by atoms with Gasteiger partial charge in [0.25, 0.3) is 0 Å². The molecule has 2 N–H and O–H groups in total. The number of hydrogen-bond acceptors (Lipinski definition) is 4. The Hall–Kier alpha value is -1.04. The summed E-state index contributed by atoms with van der Waals surface area (Å²) >= 11 is 0. The van der Waals surface area contributed by atoms with E-state index in [1.807, 2.05) is 6.92 Å². The fraction of sp³-hybridized carbons (Fsp3) is 0.688. The second-order valence-electron chi connectivity index (χ2n) is 5.98. The Balaban J connectivity index is 1.95. The molecule has 0 amide bonds. The van der Waals surface area contributed by atoms with Gasteiger partial charge in [-0.2, -0.15) is 0 Å². The van der Waals surface area contributed by atoms with Crippen molar-refractivity contribution in [2.45, 2.75) is 44.8 Å². The molecule has 3 unspecified atom stereocenters. The highest BCUT2D eigenvalue weighted by Gasteiger charge is 2.26. The molecule has 0 saturated carbocycles. The normalized spacial score (nSPS) is 23.0. The Morgan fingerprint density at radius 2 is 2.24 bits per heavy atom. The summed E-state index contributed by atoms with van der Waals surface area (Å²) in [5.41, 5.74) is 0.514. The minimum absolute atomic E-state index is 0.0160. The first kappa shape index (κ1) is 16.3. The predicted octanol–water partition coefficient (Wildman–Crippen LogP) is 2.13. The van der Waals surface area contributed by atoms with Crippen molar-refractivity contribution in [2.24, 2.45) is 5.92 Å². The summed E-state index contributed by atoms with van der Waals surface area (Å²) < 4.78 is 12.9. The van der Waals surface area contributed by atoms with E-state index in [2.05, 4.69) is 9.88 Å². The highest BCUT2D eigenvalue weighted by molar-refractivity contribution is 5.09. The van der Waals surface area contributed by atoms with Gasteiger partial charge in [-0.1, -0.05) is 13.3 Å². The van der Waals surface area contributed by atoms with Crippen LogP contribution in [0.4, 0.5) is 4.39 Å². The van der Waals surface area contributed by atoms with Gasteiger partial charge in [0, 0.05) is 25.1 Å². The first-order valence-electron chi connectivity index (χ1n) is 7.76. The molecule has 118 valence electrons. The zero-order chi connectivity index (χ0) is 15.2. The van der Waals surface area contributed by atoms with E-state index in [1.165, 1.54) is 25.0 Å². The quantitative estimate of drug-likeness (QED) is 0.844. The van der Waals surface area contributed by atoms with Gasteiger partial charge in [0.05, 0.1) is 18.0 Å². The molecule has 1 aliphatic heterocycles. The van der Waals surface area contributed by atoms with Crippen LogP contribution in [0.2, 0.25) is 0 Å². The van der Waals surface area contributed by atoms with Gasteiger partial charge in [-0.05, 0) is 37.9 Å². The van der Waals surface area contributed by atoms with Gasteiger partial charge >= 0.3 is 0 Å². The van der Waals surface area contributed by atoms with Crippen LogP contribution < -0.4 is 0 Å². The fourth-order valence-corrected chi connectivity index (χ4v) is 3.10.